The van der Waals surface area contributed by atoms with Crippen LogP contribution in [0.15, 0.2) is 48.5 Å². The maximum absolute atomic E-state index is 13.5. The summed E-state index contributed by atoms with van der Waals surface area (Å²) in [7, 11) is -2.06. The first-order valence-electron chi connectivity index (χ1n) is 12.8. The van der Waals surface area contributed by atoms with Crippen LogP contribution in [-0.4, -0.2) is 57.1 Å². The second kappa shape index (κ2) is 14.0. The minimum Gasteiger partial charge on any atom is -0.497 e. The summed E-state index contributed by atoms with van der Waals surface area (Å²) in [6, 6.07) is 14.1. The molecule has 0 aliphatic rings. The third-order valence-electron chi connectivity index (χ3n) is 6.35. The normalized spacial score (nSPS) is 12.9. The van der Waals surface area contributed by atoms with E-state index in [9.17, 15) is 18.0 Å². The molecule has 2 rings (SSSR count). The van der Waals surface area contributed by atoms with Gasteiger partial charge in [0, 0.05) is 31.6 Å². The molecule has 8 nitrogen and oxygen atoms in total. The molecule has 0 aliphatic heterocycles. The number of carbonyl (C=O) groups excluding carboxylic acids is 2. The summed E-state index contributed by atoms with van der Waals surface area (Å²) >= 11 is 0. The fourth-order valence-corrected chi connectivity index (χ4v) is 4.98. The Morgan fingerprint density at radius 3 is 2.30 bits per heavy atom. The molecular weight excluding hydrogens is 490 g/mol. The number of carbonyl (C=O) groups is 2. The van der Waals surface area contributed by atoms with Crippen molar-refractivity contribution >= 4 is 27.5 Å². The van der Waals surface area contributed by atoms with Crippen molar-refractivity contribution in [3.05, 3.63) is 59.7 Å². The molecule has 0 saturated heterocycles. The molecule has 0 heterocycles. The number of hydrogen-bond donors (Lipinski definition) is 1. The highest BCUT2D eigenvalue weighted by atomic mass is 32.2. The zero-order chi connectivity index (χ0) is 27.6. The van der Waals surface area contributed by atoms with Gasteiger partial charge in [-0.1, -0.05) is 49.7 Å². The lowest BCUT2D eigenvalue weighted by atomic mass is 10.1. The zero-order valence-corrected chi connectivity index (χ0v) is 23.7. The number of ether oxygens (including phenoxy) is 1. The molecule has 0 unspecified atom stereocenters. The lowest BCUT2D eigenvalue weighted by molar-refractivity contribution is -0.141. The number of sulfonamides is 1. The van der Waals surface area contributed by atoms with Gasteiger partial charge in [-0.25, -0.2) is 8.42 Å². The number of aryl methyl sites for hydroxylation is 1. The number of nitrogens with one attached hydrogen (secondary N) is 1. The zero-order valence-electron chi connectivity index (χ0n) is 22.9. The SMILES string of the molecule is CC[C@H](C)NC(=O)[C@H](CC)N(Cc1ccc(C)cc1)C(=O)CCCN(c1cccc(OC)c1)S(C)(=O)=O. The van der Waals surface area contributed by atoms with Crippen LogP contribution in [0, 0.1) is 6.92 Å². The summed E-state index contributed by atoms with van der Waals surface area (Å²) in [4.78, 5) is 28.2. The van der Waals surface area contributed by atoms with Gasteiger partial charge in [-0.3, -0.25) is 13.9 Å². The Morgan fingerprint density at radius 2 is 1.73 bits per heavy atom. The summed E-state index contributed by atoms with van der Waals surface area (Å²) in [6.45, 7) is 8.26. The molecule has 2 aromatic rings. The van der Waals surface area contributed by atoms with Gasteiger partial charge in [-0.2, -0.15) is 0 Å². The van der Waals surface area contributed by atoms with Crippen molar-refractivity contribution < 1.29 is 22.7 Å². The number of nitrogens with zero attached hydrogens (tertiary/aromatic N) is 2. The van der Waals surface area contributed by atoms with Crippen LogP contribution in [0.25, 0.3) is 0 Å². The van der Waals surface area contributed by atoms with Crippen LogP contribution in [0.4, 0.5) is 5.69 Å². The first kappa shape index (κ1) is 30.2. The van der Waals surface area contributed by atoms with Crippen LogP contribution in [0.3, 0.4) is 0 Å². The molecule has 0 aliphatic carbocycles. The van der Waals surface area contributed by atoms with Crippen LogP contribution in [0.2, 0.25) is 0 Å². The molecule has 2 amide bonds. The Bertz CT molecular complexity index is 1130. The minimum absolute atomic E-state index is 0.00376. The van der Waals surface area contributed by atoms with Crippen molar-refractivity contribution in [2.75, 3.05) is 24.2 Å². The third kappa shape index (κ3) is 9.07. The Hall–Kier alpha value is -3.07. The monoisotopic (exact) mass is 531 g/mol. The Morgan fingerprint density at radius 1 is 1.05 bits per heavy atom. The average molecular weight is 532 g/mol. The number of hydrogen-bond acceptors (Lipinski definition) is 5. The highest BCUT2D eigenvalue weighted by Crippen LogP contribution is 2.24. The van der Waals surface area contributed by atoms with E-state index in [1.165, 1.54) is 11.4 Å². The van der Waals surface area contributed by atoms with Gasteiger partial charge >= 0.3 is 0 Å². The van der Waals surface area contributed by atoms with Crippen LogP contribution in [0.5, 0.6) is 5.75 Å². The Labute approximate surface area is 222 Å². The molecule has 2 atom stereocenters. The summed E-state index contributed by atoms with van der Waals surface area (Å²) in [5.74, 6) is 0.182. The highest BCUT2D eigenvalue weighted by molar-refractivity contribution is 7.92. The predicted octanol–water partition coefficient (Wildman–Crippen LogP) is 4.27. The van der Waals surface area contributed by atoms with Crippen LogP contribution in [-0.2, 0) is 26.2 Å². The summed E-state index contributed by atoms with van der Waals surface area (Å²) in [6.07, 6.45) is 2.81. The molecule has 0 spiro atoms. The number of methoxy groups -OCH3 is 1. The summed E-state index contributed by atoms with van der Waals surface area (Å²) in [5, 5.41) is 3.01. The standard InChI is InChI=1S/C28H41N3O5S/c1-7-22(4)29-28(33)26(8-2)30(20-23-16-14-21(3)15-17-23)27(32)13-10-18-31(37(6,34)35)24-11-9-12-25(19-24)36-5/h9,11-12,14-17,19,22,26H,7-8,10,13,18,20H2,1-6H3,(H,29,33)/t22-,26-/m0/s1. The molecule has 0 aromatic heterocycles. The fourth-order valence-electron chi connectivity index (χ4n) is 4.02. The average Bonchev–Trinajstić information content (AvgIpc) is 2.86. The van der Waals surface area contributed by atoms with Crippen molar-refractivity contribution in [2.45, 2.75) is 72.0 Å². The highest BCUT2D eigenvalue weighted by Gasteiger charge is 2.29. The number of anilines is 1. The lowest BCUT2D eigenvalue weighted by Crippen LogP contribution is -2.50. The summed E-state index contributed by atoms with van der Waals surface area (Å²) in [5.41, 5.74) is 2.52. The molecule has 204 valence electrons. The molecule has 0 bridgehead atoms. The minimum atomic E-state index is -3.58. The van der Waals surface area contributed by atoms with Gasteiger partial charge in [-0.15, -0.1) is 0 Å². The van der Waals surface area contributed by atoms with E-state index in [4.69, 9.17) is 4.74 Å². The van der Waals surface area contributed by atoms with Crippen molar-refractivity contribution in [1.82, 2.24) is 10.2 Å². The fraction of sp³-hybridized carbons (Fsp3) is 0.500. The molecule has 2 aromatic carbocycles. The largest absolute Gasteiger partial charge is 0.497 e. The van der Waals surface area contributed by atoms with E-state index < -0.39 is 16.1 Å². The second-order valence-corrected chi connectivity index (χ2v) is 11.3. The molecule has 1 N–H and O–H groups in total. The van der Waals surface area contributed by atoms with E-state index in [0.29, 0.717) is 30.8 Å². The number of benzene rings is 2. The molecule has 0 saturated carbocycles. The number of rotatable bonds is 14. The Balaban J connectivity index is 2.22. The van der Waals surface area contributed by atoms with E-state index in [-0.39, 0.29) is 30.8 Å². The van der Waals surface area contributed by atoms with Crippen molar-refractivity contribution in [3.63, 3.8) is 0 Å². The number of amides is 2. The van der Waals surface area contributed by atoms with E-state index in [0.717, 1.165) is 23.8 Å². The first-order chi connectivity index (χ1) is 17.5. The quantitative estimate of drug-likeness (QED) is 0.393. The van der Waals surface area contributed by atoms with Gasteiger partial charge in [0.1, 0.15) is 11.8 Å². The van der Waals surface area contributed by atoms with Gasteiger partial charge in [0.25, 0.3) is 0 Å². The Kier molecular flexibility index (Phi) is 11.4. The maximum Gasteiger partial charge on any atom is 0.243 e. The van der Waals surface area contributed by atoms with E-state index in [2.05, 4.69) is 5.32 Å². The molecule has 0 fully saturated rings. The third-order valence-corrected chi connectivity index (χ3v) is 7.55. The van der Waals surface area contributed by atoms with Gasteiger partial charge in [-0.05, 0) is 50.8 Å². The van der Waals surface area contributed by atoms with Crippen LogP contribution < -0.4 is 14.4 Å². The lowest BCUT2D eigenvalue weighted by Gasteiger charge is -2.32. The molecule has 37 heavy (non-hydrogen) atoms. The van der Waals surface area contributed by atoms with Gasteiger partial charge in [0.15, 0.2) is 0 Å². The maximum atomic E-state index is 13.5. The van der Waals surface area contributed by atoms with Crippen molar-refractivity contribution in [3.8, 4) is 5.75 Å². The smallest absolute Gasteiger partial charge is 0.243 e. The van der Waals surface area contributed by atoms with Gasteiger partial charge in [0.05, 0.1) is 19.1 Å². The van der Waals surface area contributed by atoms with Gasteiger partial charge in [0.2, 0.25) is 21.8 Å². The van der Waals surface area contributed by atoms with Crippen molar-refractivity contribution in [1.29, 1.82) is 0 Å². The molecular formula is C28H41N3O5S. The van der Waals surface area contributed by atoms with E-state index in [1.807, 2.05) is 52.0 Å². The first-order valence-corrected chi connectivity index (χ1v) is 14.6. The van der Waals surface area contributed by atoms with Crippen LogP contribution >= 0.6 is 0 Å². The van der Waals surface area contributed by atoms with Crippen molar-refractivity contribution in [2.24, 2.45) is 0 Å². The molecule has 0 radical (unpaired) electrons. The van der Waals surface area contributed by atoms with E-state index >= 15 is 0 Å². The second-order valence-electron chi connectivity index (χ2n) is 9.39. The van der Waals surface area contributed by atoms with Crippen LogP contribution in [0.1, 0.15) is 57.6 Å². The van der Waals surface area contributed by atoms with Gasteiger partial charge < -0.3 is 15.0 Å². The van der Waals surface area contributed by atoms with E-state index in [1.54, 1.807) is 29.2 Å². The molecule has 9 heteroatoms. The predicted molar refractivity (Wildman–Crippen MR) is 148 cm³/mol. The summed E-state index contributed by atoms with van der Waals surface area (Å²) < 4.78 is 31.6. The topological polar surface area (TPSA) is 96.0 Å².